The average Bonchev–Trinajstić information content (AvgIpc) is 1.00. The molecule has 0 rings (SSSR count). The quantitative estimate of drug-likeness (QED) is 0.438. The second-order valence-corrected chi connectivity index (χ2v) is 0. The Morgan fingerprint density at radius 3 is 1.00 bits per heavy atom. The molecule has 0 fully saturated rings. The van der Waals surface area contributed by atoms with E-state index in [1.807, 2.05) is 0 Å². The van der Waals surface area contributed by atoms with Crippen LogP contribution in [0.3, 0.4) is 0 Å². The molecule has 0 radical (unpaired) electrons. The second-order valence-electron chi connectivity index (χ2n) is 0. The first-order valence-corrected chi connectivity index (χ1v) is 0.612. The molecule has 0 aliphatic rings. The molecule has 0 aliphatic heterocycles. The zero-order chi connectivity index (χ0) is 2.00. The zero-order valence-corrected chi connectivity index (χ0v) is 5.68. The summed E-state index contributed by atoms with van der Waals surface area (Å²) in [5, 5.41) is 0. The van der Waals surface area contributed by atoms with Crippen LogP contribution >= 0.6 is 0 Å². The molecule has 0 heterocycles. The Hall–Kier alpha value is 0.820. The molecule has 0 bridgehead atoms. The molecule has 0 aromatic carbocycles. The van der Waals surface area contributed by atoms with E-state index in [4.69, 9.17) is 4.46 Å². The van der Waals surface area contributed by atoms with Gasteiger partial charge in [-0.3, -0.25) is 0 Å². The third kappa shape index (κ3) is 57.0. The molecule has 0 atom stereocenters. The Morgan fingerprint density at radius 1 is 1.00 bits per heavy atom. The summed E-state index contributed by atoms with van der Waals surface area (Å²) in [7, 11) is 1.72. The van der Waals surface area contributed by atoms with Crippen LogP contribution in [0.4, 0.5) is 0 Å². The van der Waals surface area contributed by atoms with Crippen molar-refractivity contribution in [2.24, 2.45) is 0 Å². The van der Waals surface area contributed by atoms with Gasteiger partial charge in [-0.05, 0) is 0 Å². The molecular formula is O3SiZr+2. The summed E-state index contributed by atoms with van der Waals surface area (Å²) >= 11 is 0. The van der Waals surface area contributed by atoms with Gasteiger partial charge in [0, 0.05) is 0 Å². The number of hydrogen-bond acceptors (Lipinski definition) is 1. The van der Waals surface area contributed by atoms with E-state index in [-0.39, 0.29) is 37.2 Å². The molecule has 0 unspecified atom stereocenters. The standard InChI is InChI=1S/OSi.2O.Zr/c1-2;;;/q+2;2*-2;+4. The van der Waals surface area contributed by atoms with Gasteiger partial charge < -0.3 is 11.0 Å². The van der Waals surface area contributed by atoms with Crippen molar-refractivity contribution >= 4 is 10.1 Å². The Morgan fingerprint density at radius 2 is 1.00 bits per heavy atom. The molecule has 0 aromatic heterocycles. The molecule has 5 heteroatoms. The molecular weight excluding hydrogens is 167 g/mol. The van der Waals surface area contributed by atoms with Crippen molar-refractivity contribution in [3.63, 3.8) is 0 Å². The van der Waals surface area contributed by atoms with Crippen LogP contribution in [0.15, 0.2) is 0 Å². The van der Waals surface area contributed by atoms with Gasteiger partial charge in [-0.1, -0.05) is 0 Å². The molecule has 0 aromatic rings. The fourth-order valence-electron chi connectivity index (χ4n) is 0. The van der Waals surface area contributed by atoms with E-state index in [1.54, 1.807) is 10.1 Å². The van der Waals surface area contributed by atoms with E-state index in [0.29, 0.717) is 0 Å². The van der Waals surface area contributed by atoms with E-state index < -0.39 is 0 Å². The zero-order valence-electron chi connectivity index (χ0n) is 2.22. The summed E-state index contributed by atoms with van der Waals surface area (Å²) in [6.45, 7) is 0. The van der Waals surface area contributed by atoms with Crippen molar-refractivity contribution in [2.75, 3.05) is 0 Å². The summed E-state index contributed by atoms with van der Waals surface area (Å²) < 4.78 is 8.06. The number of hydrogen-bond donors (Lipinski definition) is 0. The number of rotatable bonds is 0. The van der Waals surface area contributed by atoms with E-state index in [9.17, 15) is 0 Å². The maximum atomic E-state index is 8.06. The van der Waals surface area contributed by atoms with Crippen molar-refractivity contribution in [2.45, 2.75) is 0 Å². The van der Waals surface area contributed by atoms with E-state index in [0.717, 1.165) is 0 Å². The van der Waals surface area contributed by atoms with Crippen molar-refractivity contribution < 1.29 is 41.6 Å². The van der Waals surface area contributed by atoms with Gasteiger partial charge >= 0.3 is 40.8 Å². The van der Waals surface area contributed by atoms with E-state index >= 15 is 0 Å². The van der Waals surface area contributed by atoms with Crippen LogP contribution < -0.4 is 0 Å². The van der Waals surface area contributed by atoms with Crippen LogP contribution in [0.5, 0.6) is 0 Å². The monoisotopic (exact) mass is 166 g/mol. The second kappa shape index (κ2) is 105. The minimum Gasteiger partial charge on any atom is -2.00 e. The Labute approximate surface area is 52.0 Å². The van der Waals surface area contributed by atoms with Gasteiger partial charge in [0.2, 0.25) is 0 Å². The van der Waals surface area contributed by atoms with Gasteiger partial charge in [-0.25, -0.2) is 0 Å². The van der Waals surface area contributed by atoms with Gasteiger partial charge in [0.05, 0.1) is 0 Å². The predicted molar refractivity (Wildman–Crippen MR) is 7.81 cm³/mol. The minimum absolute atomic E-state index is 0. The van der Waals surface area contributed by atoms with Gasteiger partial charge in [0.25, 0.3) is 0 Å². The van der Waals surface area contributed by atoms with Gasteiger partial charge in [0.15, 0.2) is 0 Å². The summed E-state index contributed by atoms with van der Waals surface area (Å²) in [4.78, 5) is 0. The van der Waals surface area contributed by atoms with Crippen molar-refractivity contribution in [3.8, 4) is 0 Å². The molecule has 0 saturated carbocycles. The summed E-state index contributed by atoms with van der Waals surface area (Å²) in [5.41, 5.74) is 0. The molecule has 0 saturated heterocycles. The predicted octanol–water partition coefficient (Wildman–Crippen LogP) is -0.740. The molecule has 0 N–H and O–H groups in total. The first-order chi connectivity index (χ1) is 1.00. The molecule has 0 aliphatic carbocycles. The third-order valence-corrected chi connectivity index (χ3v) is 0. The van der Waals surface area contributed by atoms with Crippen LogP contribution in [0.1, 0.15) is 0 Å². The fourth-order valence-corrected chi connectivity index (χ4v) is 0. The van der Waals surface area contributed by atoms with Gasteiger partial charge in [0.1, 0.15) is 0 Å². The third-order valence-electron chi connectivity index (χ3n) is 0. The smallest absolute Gasteiger partial charge is 2.00 e. The Bertz CT molecular complexity index is 6.85. The van der Waals surface area contributed by atoms with Crippen LogP contribution in [0.25, 0.3) is 0 Å². The maximum Gasteiger partial charge on any atom is 4.00 e. The summed E-state index contributed by atoms with van der Waals surface area (Å²) in [6, 6.07) is 0. The van der Waals surface area contributed by atoms with Gasteiger partial charge in [-0.15, -0.1) is 0 Å². The fraction of sp³-hybridized carbons (Fsp3) is 0. The van der Waals surface area contributed by atoms with Crippen LogP contribution in [0, 0.1) is 0 Å². The van der Waals surface area contributed by atoms with Crippen LogP contribution in [-0.2, 0) is 41.6 Å². The Kier molecular flexibility index (Phi) is 854. The summed E-state index contributed by atoms with van der Waals surface area (Å²) in [5.74, 6) is 0. The van der Waals surface area contributed by atoms with Crippen LogP contribution in [0.2, 0.25) is 0 Å². The SMILES string of the molecule is O=[Si+2].[O-2].[O-2].[Zr+4]. The topological polar surface area (TPSA) is 74.1 Å². The summed E-state index contributed by atoms with van der Waals surface area (Å²) in [6.07, 6.45) is 0. The molecule has 0 amide bonds. The Balaban J connectivity index is -0.00000000167. The molecule has 5 heavy (non-hydrogen) atoms. The molecule has 3 nitrogen and oxygen atoms in total. The van der Waals surface area contributed by atoms with E-state index in [2.05, 4.69) is 0 Å². The molecule has 0 spiro atoms. The van der Waals surface area contributed by atoms with Crippen molar-refractivity contribution in [1.29, 1.82) is 0 Å². The average molecular weight is 167 g/mol. The van der Waals surface area contributed by atoms with Crippen molar-refractivity contribution in [3.05, 3.63) is 0 Å². The van der Waals surface area contributed by atoms with E-state index in [1.165, 1.54) is 0 Å². The van der Waals surface area contributed by atoms with Crippen molar-refractivity contribution in [1.82, 2.24) is 0 Å². The molecule has 24 valence electrons. The first-order valence-electron chi connectivity index (χ1n) is 0.204. The first kappa shape index (κ1) is 40.8. The largest absolute Gasteiger partial charge is 4.00 e. The van der Waals surface area contributed by atoms with Crippen LogP contribution in [-0.4, -0.2) is 10.1 Å². The minimum atomic E-state index is 0. The maximum absolute atomic E-state index is 8.06. The normalized spacial score (nSPS) is 1.20. The van der Waals surface area contributed by atoms with Gasteiger partial charge in [-0.2, -0.15) is 0 Å².